The number of nitrogens with one attached hydrogen (secondary N) is 2. The molecular weight excluding hydrogens is 479 g/mol. The monoisotopic (exact) mass is 510 g/mol. The van der Waals surface area contributed by atoms with E-state index in [0.717, 1.165) is 23.3 Å². The third-order valence-corrected chi connectivity index (χ3v) is 4.49. The Balaban J connectivity index is 0.00000420. The van der Waals surface area contributed by atoms with Gasteiger partial charge >= 0.3 is 0 Å². The van der Waals surface area contributed by atoms with E-state index in [9.17, 15) is 4.79 Å². The lowest BCUT2D eigenvalue weighted by Crippen LogP contribution is -2.36. The quantitative estimate of drug-likeness (QED) is 0.287. The van der Waals surface area contributed by atoms with E-state index in [4.69, 9.17) is 10.5 Å². The van der Waals surface area contributed by atoms with Crippen LogP contribution in [0.4, 0.5) is 0 Å². The molecule has 7 heteroatoms. The summed E-state index contributed by atoms with van der Waals surface area (Å²) >= 11 is 0. The van der Waals surface area contributed by atoms with E-state index in [1.807, 2.05) is 12.1 Å². The first kappa shape index (κ1) is 24.7. The third-order valence-electron chi connectivity index (χ3n) is 4.49. The molecule has 0 spiro atoms. The number of rotatable bonds is 8. The van der Waals surface area contributed by atoms with Gasteiger partial charge in [0.2, 0.25) is 5.91 Å². The standard InChI is InChI=1S/C22H30N4O2.HI/c1-5-16(3)28-20-12-15(2)6-9-19(20)14-26-22(24-4)25-13-17-7-10-18(11-8-17)21(23)27;/h6-12,16H,5,13-14H2,1-4H3,(H2,23,27)(H2,24,25,26);1H. The molecule has 0 radical (unpaired) electrons. The molecule has 0 aliphatic heterocycles. The number of guanidine groups is 1. The van der Waals surface area contributed by atoms with Gasteiger partial charge in [-0.05, 0) is 49.6 Å². The molecule has 2 rings (SSSR count). The average molecular weight is 510 g/mol. The highest BCUT2D eigenvalue weighted by molar-refractivity contribution is 14.0. The molecule has 0 saturated heterocycles. The molecule has 29 heavy (non-hydrogen) atoms. The molecule has 0 aliphatic carbocycles. The molecule has 0 bridgehead atoms. The normalized spacial score (nSPS) is 11.9. The van der Waals surface area contributed by atoms with Crippen LogP contribution in [-0.2, 0) is 13.1 Å². The van der Waals surface area contributed by atoms with E-state index in [1.165, 1.54) is 5.56 Å². The molecule has 0 fully saturated rings. The molecule has 4 N–H and O–H groups in total. The van der Waals surface area contributed by atoms with E-state index in [2.05, 4.69) is 54.6 Å². The largest absolute Gasteiger partial charge is 0.490 e. The predicted molar refractivity (Wildman–Crippen MR) is 129 cm³/mol. The predicted octanol–water partition coefficient (Wildman–Crippen LogP) is 3.75. The van der Waals surface area contributed by atoms with Crippen LogP contribution in [0.5, 0.6) is 5.75 Å². The molecule has 1 unspecified atom stereocenters. The molecule has 6 nitrogen and oxygen atoms in total. The maximum absolute atomic E-state index is 11.1. The van der Waals surface area contributed by atoms with E-state index in [0.29, 0.717) is 24.6 Å². The summed E-state index contributed by atoms with van der Waals surface area (Å²) in [6.07, 6.45) is 1.12. The van der Waals surface area contributed by atoms with Gasteiger partial charge in [-0.3, -0.25) is 9.79 Å². The number of nitrogens with zero attached hydrogens (tertiary/aromatic N) is 1. The second-order valence-corrected chi connectivity index (χ2v) is 6.79. The Labute approximate surface area is 190 Å². The lowest BCUT2D eigenvalue weighted by atomic mass is 10.1. The van der Waals surface area contributed by atoms with E-state index in [-0.39, 0.29) is 30.1 Å². The van der Waals surface area contributed by atoms with Crippen LogP contribution in [0.3, 0.4) is 0 Å². The SMILES string of the molecule is CCC(C)Oc1cc(C)ccc1CNC(=NC)NCc1ccc(C(N)=O)cc1.I. The number of carbonyl (C=O) groups excluding carboxylic acids is 1. The van der Waals surface area contributed by atoms with Gasteiger partial charge in [0.15, 0.2) is 5.96 Å². The second-order valence-electron chi connectivity index (χ2n) is 6.79. The van der Waals surface area contributed by atoms with E-state index >= 15 is 0 Å². The number of hydrogen-bond donors (Lipinski definition) is 3. The van der Waals surface area contributed by atoms with Crippen molar-refractivity contribution >= 4 is 35.8 Å². The fourth-order valence-corrected chi connectivity index (χ4v) is 2.59. The maximum atomic E-state index is 11.1. The van der Waals surface area contributed by atoms with Crippen molar-refractivity contribution in [1.29, 1.82) is 0 Å². The number of hydrogen-bond acceptors (Lipinski definition) is 3. The number of benzene rings is 2. The van der Waals surface area contributed by atoms with Crippen LogP contribution in [0.1, 0.15) is 47.3 Å². The number of aliphatic imine (C=N–C) groups is 1. The number of ether oxygens (including phenoxy) is 1. The van der Waals surface area contributed by atoms with E-state index < -0.39 is 5.91 Å². The summed E-state index contributed by atoms with van der Waals surface area (Å²) in [5, 5.41) is 6.59. The second kappa shape index (κ2) is 12.3. The van der Waals surface area contributed by atoms with E-state index in [1.54, 1.807) is 19.2 Å². The molecular formula is C22H31IN4O2. The summed E-state index contributed by atoms with van der Waals surface area (Å²) in [6.45, 7) is 7.43. The van der Waals surface area contributed by atoms with Crippen molar-refractivity contribution in [3.8, 4) is 5.75 Å². The Hall–Kier alpha value is -2.29. The summed E-state index contributed by atoms with van der Waals surface area (Å²) in [5.74, 6) is 1.17. The molecule has 2 aromatic rings. The van der Waals surface area contributed by atoms with Crippen LogP contribution >= 0.6 is 24.0 Å². The Morgan fingerprint density at radius 3 is 2.38 bits per heavy atom. The summed E-state index contributed by atoms with van der Waals surface area (Å²) in [7, 11) is 1.73. The van der Waals surface area contributed by atoms with Gasteiger partial charge in [0, 0.05) is 31.3 Å². The van der Waals surface area contributed by atoms with Crippen molar-refractivity contribution in [2.75, 3.05) is 7.05 Å². The van der Waals surface area contributed by atoms with Crippen LogP contribution in [0.25, 0.3) is 0 Å². The number of amides is 1. The Kier molecular flexibility index (Phi) is 10.5. The minimum Gasteiger partial charge on any atom is -0.490 e. The van der Waals surface area contributed by atoms with Gasteiger partial charge in [-0.2, -0.15) is 0 Å². The number of nitrogens with two attached hydrogens (primary N) is 1. The van der Waals surface area contributed by atoms with Crippen molar-refractivity contribution in [1.82, 2.24) is 10.6 Å². The fraction of sp³-hybridized carbons (Fsp3) is 0.364. The fourth-order valence-electron chi connectivity index (χ4n) is 2.59. The van der Waals surface area contributed by atoms with Gasteiger partial charge < -0.3 is 21.1 Å². The van der Waals surface area contributed by atoms with Crippen molar-refractivity contribution in [3.05, 3.63) is 64.7 Å². The number of primary amides is 1. The van der Waals surface area contributed by atoms with Gasteiger partial charge in [-0.15, -0.1) is 24.0 Å². The topological polar surface area (TPSA) is 88.7 Å². The first-order valence-corrected chi connectivity index (χ1v) is 9.52. The van der Waals surface area contributed by atoms with Crippen LogP contribution in [-0.4, -0.2) is 25.0 Å². The minimum atomic E-state index is -0.425. The molecule has 1 amide bonds. The van der Waals surface area contributed by atoms with Crippen LogP contribution in [0.15, 0.2) is 47.5 Å². The lowest BCUT2D eigenvalue weighted by molar-refractivity contribution is 0.100. The molecule has 1 atom stereocenters. The van der Waals surface area contributed by atoms with Crippen LogP contribution < -0.4 is 21.1 Å². The summed E-state index contributed by atoms with van der Waals surface area (Å²) in [5.41, 5.74) is 9.05. The number of aryl methyl sites for hydroxylation is 1. The van der Waals surface area contributed by atoms with Crippen molar-refractivity contribution in [2.45, 2.75) is 46.4 Å². The highest BCUT2D eigenvalue weighted by atomic mass is 127. The Morgan fingerprint density at radius 2 is 1.79 bits per heavy atom. The molecule has 0 aromatic heterocycles. The minimum absolute atomic E-state index is 0. The average Bonchev–Trinajstić information content (AvgIpc) is 2.69. The number of halogens is 1. The molecule has 0 heterocycles. The van der Waals surface area contributed by atoms with Crippen LogP contribution in [0.2, 0.25) is 0 Å². The van der Waals surface area contributed by atoms with Gasteiger partial charge in [0.05, 0.1) is 6.10 Å². The molecule has 2 aromatic carbocycles. The van der Waals surface area contributed by atoms with Crippen molar-refractivity contribution in [2.24, 2.45) is 10.7 Å². The summed E-state index contributed by atoms with van der Waals surface area (Å²) in [4.78, 5) is 15.4. The first-order chi connectivity index (χ1) is 13.4. The highest BCUT2D eigenvalue weighted by Crippen LogP contribution is 2.22. The maximum Gasteiger partial charge on any atom is 0.248 e. The molecule has 0 saturated carbocycles. The zero-order valence-corrected chi connectivity index (χ0v) is 19.8. The first-order valence-electron chi connectivity index (χ1n) is 9.52. The van der Waals surface area contributed by atoms with Gasteiger partial charge in [-0.1, -0.05) is 31.2 Å². The Morgan fingerprint density at radius 1 is 1.14 bits per heavy atom. The third kappa shape index (κ3) is 7.92. The Bertz CT molecular complexity index is 822. The molecule has 158 valence electrons. The lowest BCUT2D eigenvalue weighted by Gasteiger charge is -2.18. The van der Waals surface area contributed by atoms with Gasteiger partial charge in [0.25, 0.3) is 0 Å². The highest BCUT2D eigenvalue weighted by Gasteiger charge is 2.09. The smallest absolute Gasteiger partial charge is 0.248 e. The van der Waals surface area contributed by atoms with Gasteiger partial charge in [-0.25, -0.2) is 0 Å². The van der Waals surface area contributed by atoms with Crippen molar-refractivity contribution < 1.29 is 9.53 Å². The summed E-state index contributed by atoms with van der Waals surface area (Å²) < 4.78 is 6.06. The molecule has 0 aliphatic rings. The summed E-state index contributed by atoms with van der Waals surface area (Å²) in [6, 6.07) is 13.4. The number of carbonyl (C=O) groups is 1. The van der Waals surface area contributed by atoms with Crippen LogP contribution in [0, 0.1) is 6.92 Å². The zero-order chi connectivity index (χ0) is 20.5. The zero-order valence-electron chi connectivity index (χ0n) is 17.5. The van der Waals surface area contributed by atoms with Gasteiger partial charge in [0.1, 0.15) is 5.75 Å². The van der Waals surface area contributed by atoms with Crippen molar-refractivity contribution in [3.63, 3.8) is 0 Å².